The van der Waals surface area contributed by atoms with Gasteiger partial charge in [0.25, 0.3) is 0 Å². The van der Waals surface area contributed by atoms with Gasteiger partial charge >= 0.3 is 0 Å². The highest BCUT2D eigenvalue weighted by molar-refractivity contribution is 5.85. The third kappa shape index (κ3) is 4.79. The molecule has 1 unspecified atom stereocenters. The Balaban J connectivity index is 0.00000280. The molecule has 2 heterocycles. The molecule has 3 rings (SSSR count). The van der Waals surface area contributed by atoms with E-state index < -0.39 is 6.04 Å². The summed E-state index contributed by atoms with van der Waals surface area (Å²) in [5.41, 5.74) is 5.10. The summed E-state index contributed by atoms with van der Waals surface area (Å²) in [6.45, 7) is 5.19. The molecule has 0 saturated heterocycles. The molecular formula is C20H27ClN6O. The summed E-state index contributed by atoms with van der Waals surface area (Å²) in [7, 11) is 3.60. The van der Waals surface area contributed by atoms with Crippen molar-refractivity contribution in [2.45, 2.75) is 33.0 Å². The van der Waals surface area contributed by atoms with Gasteiger partial charge in [0.05, 0.1) is 18.4 Å². The van der Waals surface area contributed by atoms with E-state index in [1.165, 1.54) is 5.56 Å². The third-order valence-electron chi connectivity index (χ3n) is 4.75. The van der Waals surface area contributed by atoms with E-state index >= 15 is 0 Å². The molecular weight excluding hydrogens is 376 g/mol. The largest absolute Gasteiger partial charge is 0.350 e. The van der Waals surface area contributed by atoms with Crippen molar-refractivity contribution in [2.75, 3.05) is 7.05 Å². The van der Waals surface area contributed by atoms with Gasteiger partial charge in [-0.2, -0.15) is 10.2 Å². The lowest BCUT2D eigenvalue weighted by Crippen LogP contribution is -2.35. The van der Waals surface area contributed by atoms with Gasteiger partial charge in [0.15, 0.2) is 0 Å². The Morgan fingerprint density at radius 1 is 1.21 bits per heavy atom. The summed E-state index contributed by atoms with van der Waals surface area (Å²) < 4.78 is 3.68. The fourth-order valence-corrected chi connectivity index (χ4v) is 3.22. The Bertz CT molecular complexity index is 918. The van der Waals surface area contributed by atoms with Crippen LogP contribution in [0.2, 0.25) is 0 Å². The van der Waals surface area contributed by atoms with Gasteiger partial charge in [-0.3, -0.25) is 14.2 Å². The van der Waals surface area contributed by atoms with Crippen LogP contribution in [-0.2, 0) is 24.9 Å². The third-order valence-corrected chi connectivity index (χ3v) is 4.75. The zero-order chi connectivity index (χ0) is 19.4. The van der Waals surface area contributed by atoms with Crippen molar-refractivity contribution in [1.29, 1.82) is 0 Å². The minimum Gasteiger partial charge on any atom is -0.350 e. The zero-order valence-corrected chi connectivity index (χ0v) is 17.5. The van der Waals surface area contributed by atoms with Crippen LogP contribution in [0.25, 0.3) is 0 Å². The van der Waals surface area contributed by atoms with Crippen molar-refractivity contribution < 1.29 is 4.79 Å². The summed E-state index contributed by atoms with van der Waals surface area (Å²) in [6.07, 6.45) is 3.55. The van der Waals surface area contributed by atoms with Crippen LogP contribution in [0.1, 0.15) is 34.1 Å². The van der Waals surface area contributed by atoms with Crippen LogP contribution in [0.5, 0.6) is 0 Å². The molecule has 2 N–H and O–H groups in total. The average molecular weight is 403 g/mol. The highest BCUT2D eigenvalue weighted by Gasteiger charge is 2.21. The van der Waals surface area contributed by atoms with Crippen molar-refractivity contribution >= 4 is 18.3 Å². The molecule has 2 aromatic heterocycles. The SMILES string of the molecule is CNC(C(=O)NCc1c(C)nn(Cc2ccccc2)c1C)c1cnn(C)c1.Cl. The molecule has 1 atom stereocenters. The van der Waals surface area contributed by atoms with Gasteiger partial charge in [0.2, 0.25) is 5.91 Å². The second kappa shape index (κ2) is 9.52. The normalized spacial score (nSPS) is 11.7. The Morgan fingerprint density at radius 2 is 1.93 bits per heavy atom. The van der Waals surface area contributed by atoms with E-state index in [-0.39, 0.29) is 18.3 Å². The molecule has 8 heteroatoms. The number of likely N-dealkylation sites (N-methyl/N-ethyl adjacent to an activating group) is 1. The van der Waals surface area contributed by atoms with E-state index in [1.807, 2.05) is 50.0 Å². The Morgan fingerprint density at radius 3 is 2.54 bits per heavy atom. The highest BCUT2D eigenvalue weighted by Crippen LogP contribution is 2.16. The number of aryl methyl sites for hydroxylation is 2. The number of carbonyl (C=O) groups excluding carboxylic acids is 1. The van der Waals surface area contributed by atoms with Crippen LogP contribution in [0, 0.1) is 13.8 Å². The first-order valence-corrected chi connectivity index (χ1v) is 9.00. The van der Waals surface area contributed by atoms with E-state index in [0.717, 1.165) is 29.1 Å². The quantitative estimate of drug-likeness (QED) is 0.635. The lowest BCUT2D eigenvalue weighted by atomic mass is 10.1. The number of hydrogen-bond acceptors (Lipinski definition) is 4. The molecule has 3 aromatic rings. The van der Waals surface area contributed by atoms with Gasteiger partial charge in [0.1, 0.15) is 6.04 Å². The van der Waals surface area contributed by atoms with Gasteiger partial charge < -0.3 is 10.6 Å². The van der Waals surface area contributed by atoms with Crippen LogP contribution in [0.15, 0.2) is 42.7 Å². The molecule has 0 radical (unpaired) electrons. The highest BCUT2D eigenvalue weighted by atomic mass is 35.5. The molecule has 0 aliphatic rings. The number of hydrogen-bond donors (Lipinski definition) is 2. The minimum atomic E-state index is -0.432. The minimum absolute atomic E-state index is 0. The number of aromatic nitrogens is 4. The van der Waals surface area contributed by atoms with E-state index in [9.17, 15) is 4.79 Å². The molecule has 150 valence electrons. The van der Waals surface area contributed by atoms with Crippen molar-refractivity contribution in [2.24, 2.45) is 7.05 Å². The predicted octanol–water partition coefficient (Wildman–Crippen LogP) is 2.28. The molecule has 28 heavy (non-hydrogen) atoms. The van der Waals surface area contributed by atoms with E-state index in [1.54, 1.807) is 17.9 Å². The molecule has 0 aliphatic heterocycles. The summed E-state index contributed by atoms with van der Waals surface area (Å²) in [5.74, 6) is -0.0832. The van der Waals surface area contributed by atoms with E-state index in [2.05, 4.69) is 33.0 Å². The first kappa shape index (κ1) is 21.7. The number of nitrogens with zero attached hydrogens (tertiary/aromatic N) is 4. The Labute approximate surface area is 171 Å². The fourth-order valence-electron chi connectivity index (χ4n) is 3.22. The number of rotatable bonds is 7. The van der Waals surface area contributed by atoms with Crippen LogP contribution < -0.4 is 10.6 Å². The van der Waals surface area contributed by atoms with Crippen molar-refractivity contribution in [3.05, 3.63) is 70.8 Å². The molecule has 0 saturated carbocycles. The molecule has 7 nitrogen and oxygen atoms in total. The van der Waals surface area contributed by atoms with Gasteiger partial charge in [-0.15, -0.1) is 12.4 Å². The molecule has 0 fully saturated rings. The van der Waals surface area contributed by atoms with Crippen molar-refractivity contribution in [3.63, 3.8) is 0 Å². The second-order valence-corrected chi connectivity index (χ2v) is 6.68. The molecule has 1 aromatic carbocycles. The Kier molecular flexibility index (Phi) is 7.37. The number of carbonyl (C=O) groups is 1. The van der Waals surface area contributed by atoms with Gasteiger partial charge in [-0.05, 0) is 26.5 Å². The molecule has 0 bridgehead atoms. The monoisotopic (exact) mass is 402 g/mol. The van der Waals surface area contributed by atoms with Gasteiger partial charge in [0, 0.05) is 36.6 Å². The van der Waals surface area contributed by atoms with E-state index in [0.29, 0.717) is 6.54 Å². The molecule has 0 spiro atoms. The lowest BCUT2D eigenvalue weighted by Gasteiger charge is -2.14. The number of benzene rings is 1. The predicted molar refractivity (Wildman–Crippen MR) is 111 cm³/mol. The maximum atomic E-state index is 12.6. The Hall–Kier alpha value is -2.64. The van der Waals surface area contributed by atoms with Crippen molar-refractivity contribution in [1.82, 2.24) is 30.2 Å². The summed E-state index contributed by atoms with van der Waals surface area (Å²) in [6, 6.07) is 9.80. The first-order valence-electron chi connectivity index (χ1n) is 9.00. The summed E-state index contributed by atoms with van der Waals surface area (Å²) >= 11 is 0. The van der Waals surface area contributed by atoms with E-state index in [4.69, 9.17) is 0 Å². The number of amides is 1. The first-order chi connectivity index (χ1) is 13.0. The summed E-state index contributed by atoms with van der Waals surface area (Å²) in [5, 5.41) is 14.9. The molecule has 1 amide bonds. The van der Waals surface area contributed by atoms with Gasteiger partial charge in [-0.25, -0.2) is 0 Å². The van der Waals surface area contributed by atoms with Crippen LogP contribution in [0.4, 0.5) is 0 Å². The number of halogens is 1. The van der Waals surface area contributed by atoms with Crippen LogP contribution in [-0.4, -0.2) is 32.5 Å². The second-order valence-electron chi connectivity index (χ2n) is 6.68. The fraction of sp³-hybridized carbons (Fsp3) is 0.350. The lowest BCUT2D eigenvalue weighted by molar-refractivity contribution is -0.123. The maximum Gasteiger partial charge on any atom is 0.242 e. The van der Waals surface area contributed by atoms with Crippen LogP contribution in [0.3, 0.4) is 0 Å². The zero-order valence-electron chi connectivity index (χ0n) is 16.6. The topological polar surface area (TPSA) is 76.8 Å². The van der Waals surface area contributed by atoms with Gasteiger partial charge in [-0.1, -0.05) is 30.3 Å². The van der Waals surface area contributed by atoms with Crippen LogP contribution >= 0.6 is 12.4 Å². The average Bonchev–Trinajstić information content (AvgIpc) is 3.19. The molecule has 0 aliphatic carbocycles. The standard InChI is InChI=1S/C20H26N6O.ClH/c1-14-18(15(2)26(24-14)12-16-8-6-5-7-9-16)11-22-20(27)19(21-3)17-10-23-25(4)13-17;/h5-10,13,19,21H,11-12H2,1-4H3,(H,22,27);1H. The van der Waals surface area contributed by atoms with Crippen molar-refractivity contribution in [3.8, 4) is 0 Å². The summed E-state index contributed by atoms with van der Waals surface area (Å²) in [4.78, 5) is 12.6. The number of nitrogens with one attached hydrogen (secondary N) is 2. The maximum absolute atomic E-state index is 12.6. The smallest absolute Gasteiger partial charge is 0.242 e.